The van der Waals surface area contributed by atoms with Crippen molar-refractivity contribution in [3.05, 3.63) is 46.3 Å². The maximum Gasteiger partial charge on any atom is 0.119 e. The van der Waals surface area contributed by atoms with Crippen molar-refractivity contribution in [2.24, 2.45) is 5.73 Å². The van der Waals surface area contributed by atoms with E-state index in [0.29, 0.717) is 13.1 Å². The van der Waals surface area contributed by atoms with E-state index < -0.39 is 0 Å². The predicted molar refractivity (Wildman–Crippen MR) is 84.5 cm³/mol. The van der Waals surface area contributed by atoms with Crippen LogP contribution in [0.4, 0.5) is 0 Å². The Morgan fingerprint density at radius 2 is 2.05 bits per heavy atom. The number of hydrogen-bond acceptors (Lipinski definition) is 3. The van der Waals surface area contributed by atoms with E-state index in [9.17, 15) is 0 Å². The Morgan fingerprint density at radius 1 is 1.29 bits per heavy atom. The van der Waals surface area contributed by atoms with Crippen molar-refractivity contribution in [3.63, 3.8) is 0 Å². The van der Waals surface area contributed by atoms with Gasteiger partial charge in [0.1, 0.15) is 5.75 Å². The molecule has 0 saturated heterocycles. The number of nitrogens with zero attached hydrogens (tertiary/aromatic N) is 2. The molecule has 2 aromatic rings. The van der Waals surface area contributed by atoms with Crippen molar-refractivity contribution in [2.75, 3.05) is 13.7 Å². The molecule has 110 valence electrons. The van der Waals surface area contributed by atoms with Crippen molar-refractivity contribution >= 4 is 0 Å². The maximum absolute atomic E-state index is 5.47. The molecule has 0 aliphatic carbocycles. The minimum absolute atomic E-state index is 0.352. The first-order valence-corrected chi connectivity index (χ1v) is 6.93. The fraction of sp³-hybridized carbons (Fsp3) is 0.353. The standard InChI is InChI=1S/C17H21N3O/c1-12-13(2)19-20(14(12)3)11-16-10-17(21-4)8-7-15(16)6-5-9-18/h7-8,10H,9,11,18H2,1-4H3. The molecule has 0 amide bonds. The van der Waals surface area contributed by atoms with Gasteiger partial charge in [0.2, 0.25) is 0 Å². The minimum Gasteiger partial charge on any atom is -0.497 e. The second kappa shape index (κ2) is 6.47. The highest BCUT2D eigenvalue weighted by Crippen LogP contribution is 2.20. The largest absolute Gasteiger partial charge is 0.497 e. The predicted octanol–water partition coefficient (Wildman–Crippen LogP) is 2.18. The average molecular weight is 283 g/mol. The molecule has 2 rings (SSSR count). The highest BCUT2D eigenvalue weighted by molar-refractivity contribution is 5.46. The molecule has 0 radical (unpaired) electrons. The summed E-state index contributed by atoms with van der Waals surface area (Å²) in [4.78, 5) is 0. The van der Waals surface area contributed by atoms with Crippen LogP contribution in [0.5, 0.6) is 5.75 Å². The molecule has 1 aromatic carbocycles. The van der Waals surface area contributed by atoms with Gasteiger partial charge in [-0.2, -0.15) is 5.10 Å². The first-order chi connectivity index (χ1) is 10.1. The van der Waals surface area contributed by atoms with Gasteiger partial charge in [0.15, 0.2) is 0 Å². The zero-order chi connectivity index (χ0) is 15.4. The van der Waals surface area contributed by atoms with Gasteiger partial charge in [0, 0.05) is 11.3 Å². The van der Waals surface area contributed by atoms with Crippen LogP contribution in [0.3, 0.4) is 0 Å². The molecule has 1 aromatic heterocycles. The van der Waals surface area contributed by atoms with Gasteiger partial charge in [0.25, 0.3) is 0 Å². The molecule has 0 aliphatic heterocycles. The number of hydrogen-bond donors (Lipinski definition) is 1. The maximum atomic E-state index is 5.47. The summed E-state index contributed by atoms with van der Waals surface area (Å²) in [5.74, 6) is 6.84. The molecule has 0 unspecified atom stereocenters. The molecule has 0 spiro atoms. The van der Waals surface area contributed by atoms with E-state index in [4.69, 9.17) is 10.5 Å². The summed E-state index contributed by atoms with van der Waals surface area (Å²) in [5.41, 5.74) is 11.0. The number of aryl methyl sites for hydroxylation is 1. The van der Waals surface area contributed by atoms with Gasteiger partial charge in [-0.3, -0.25) is 4.68 Å². The first kappa shape index (κ1) is 15.1. The van der Waals surface area contributed by atoms with Crippen LogP contribution < -0.4 is 10.5 Å². The molecule has 2 N–H and O–H groups in total. The summed E-state index contributed by atoms with van der Waals surface area (Å²) in [6.07, 6.45) is 0. The lowest BCUT2D eigenvalue weighted by molar-refractivity contribution is 0.414. The van der Waals surface area contributed by atoms with Gasteiger partial charge in [0.05, 0.1) is 25.9 Å². The van der Waals surface area contributed by atoms with Crippen molar-refractivity contribution < 1.29 is 4.74 Å². The van der Waals surface area contributed by atoms with E-state index in [1.807, 2.05) is 29.8 Å². The number of benzene rings is 1. The molecule has 0 atom stereocenters. The molecule has 0 fully saturated rings. The van der Waals surface area contributed by atoms with E-state index in [-0.39, 0.29) is 0 Å². The van der Waals surface area contributed by atoms with Crippen LogP contribution in [0.2, 0.25) is 0 Å². The summed E-state index contributed by atoms with van der Waals surface area (Å²) in [5, 5.41) is 4.58. The van der Waals surface area contributed by atoms with Crippen molar-refractivity contribution in [2.45, 2.75) is 27.3 Å². The van der Waals surface area contributed by atoms with Crippen molar-refractivity contribution in [3.8, 4) is 17.6 Å². The Morgan fingerprint density at radius 3 is 2.62 bits per heavy atom. The Kier molecular flexibility index (Phi) is 4.66. The van der Waals surface area contributed by atoms with Gasteiger partial charge in [-0.25, -0.2) is 0 Å². The summed E-state index contributed by atoms with van der Waals surface area (Å²) in [6.45, 7) is 7.23. The van der Waals surface area contributed by atoms with Crippen LogP contribution in [0.25, 0.3) is 0 Å². The normalized spacial score (nSPS) is 10.1. The fourth-order valence-electron chi connectivity index (χ4n) is 2.20. The number of nitrogens with two attached hydrogens (primary N) is 1. The van der Waals surface area contributed by atoms with E-state index in [1.165, 1.54) is 11.3 Å². The first-order valence-electron chi connectivity index (χ1n) is 6.93. The highest BCUT2D eigenvalue weighted by atomic mass is 16.5. The Balaban J connectivity index is 2.43. The second-order valence-corrected chi connectivity index (χ2v) is 4.98. The molecular formula is C17H21N3O. The number of methoxy groups -OCH3 is 1. The average Bonchev–Trinajstić information content (AvgIpc) is 2.73. The van der Waals surface area contributed by atoms with Crippen LogP contribution in [0, 0.1) is 32.6 Å². The smallest absolute Gasteiger partial charge is 0.119 e. The molecule has 0 saturated carbocycles. The van der Waals surface area contributed by atoms with Gasteiger partial charge in [-0.05, 0) is 50.1 Å². The lowest BCUT2D eigenvalue weighted by Crippen LogP contribution is -2.06. The van der Waals surface area contributed by atoms with Gasteiger partial charge >= 0.3 is 0 Å². The van der Waals surface area contributed by atoms with Crippen LogP contribution in [-0.4, -0.2) is 23.4 Å². The highest BCUT2D eigenvalue weighted by Gasteiger charge is 2.10. The lowest BCUT2D eigenvalue weighted by atomic mass is 10.1. The zero-order valence-electron chi connectivity index (χ0n) is 13.0. The summed E-state index contributed by atoms with van der Waals surface area (Å²) >= 11 is 0. The van der Waals surface area contributed by atoms with Crippen molar-refractivity contribution in [1.29, 1.82) is 0 Å². The molecule has 0 aliphatic rings. The molecule has 1 heterocycles. The van der Waals surface area contributed by atoms with E-state index >= 15 is 0 Å². The zero-order valence-corrected chi connectivity index (χ0v) is 13.0. The van der Waals surface area contributed by atoms with Crippen LogP contribution >= 0.6 is 0 Å². The van der Waals surface area contributed by atoms with Gasteiger partial charge < -0.3 is 10.5 Å². The number of ether oxygens (including phenoxy) is 1. The third-order valence-corrected chi connectivity index (χ3v) is 3.70. The Bertz CT molecular complexity index is 705. The van der Waals surface area contributed by atoms with Gasteiger partial charge in [-0.1, -0.05) is 11.8 Å². The molecule has 4 heteroatoms. The summed E-state index contributed by atoms with van der Waals surface area (Å²) in [7, 11) is 1.66. The van der Waals surface area contributed by atoms with Gasteiger partial charge in [-0.15, -0.1) is 0 Å². The molecule has 21 heavy (non-hydrogen) atoms. The van der Waals surface area contributed by atoms with Crippen molar-refractivity contribution in [1.82, 2.24) is 9.78 Å². The SMILES string of the molecule is COc1ccc(C#CCN)c(Cn2nc(C)c(C)c2C)c1. The van der Waals surface area contributed by atoms with E-state index in [2.05, 4.69) is 30.8 Å². The molecular weight excluding hydrogens is 262 g/mol. The fourth-order valence-corrected chi connectivity index (χ4v) is 2.20. The number of rotatable bonds is 3. The Labute approximate surface area is 125 Å². The Hall–Kier alpha value is -2.25. The third-order valence-electron chi connectivity index (χ3n) is 3.70. The van der Waals surface area contributed by atoms with E-state index in [0.717, 1.165) is 22.6 Å². The van der Waals surface area contributed by atoms with Crippen LogP contribution in [0.15, 0.2) is 18.2 Å². The third kappa shape index (κ3) is 3.26. The lowest BCUT2D eigenvalue weighted by Gasteiger charge is -2.09. The number of aromatic nitrogens is 2. The second-order valence-electron chi connectivity index (χ2n) is 4.98. The quantitative estimate of drug-likeness (QED) is 0.878. The summed E-state index contributed by atoms with van der Waals surface area (Å²) < 4.78 is 7.32. The molecule has 4 nitrogen and oxygen atoms in total. The monoisotopic (exact) mass is 283 g/mol. The summed E-state index contributed by atoms with van der Waals surface area (Å²) in [6, 6.07) is 5.89. The van der Waals surface area contributed by atoms with E-state index in [1.54, 1.807) is 7.11 Å². The minimum atomic E-state index is 0.352. The molecule has 0 bridgehead atoms. The topological polar surface area (TPSA) is 53.1 Å². The van der Waals surface area contributed by atoms with Crippen LogP contribution in [0.1, 0.15) is 28.1 Å². The van der Waals surface area contributed by atoms with Crippen LogP contribution in [-0.2, 0) is 6.54 Å².